The summed E-state index contributed by atoms with van der Waals surface area (Å²) in [6.07, 6.45) is 1.98. The third-order valence-corrected chi connectivity index (χ3v) is 11.5. The van der Waals surface area contributed by atoms with Crippen LogP contribution < -0.4 is 5.73 Å². The van der Waals surface area contributed by atoms with Crippen molar-refractivity contribution < 1.29 is 23.1 Å². The number of carbonyl (C=O) groups is 1. The fraction of sp³-hybridized carbons (Fsp3) is 0.720. The molecule has 1 saturated heterocycles. The molecule has 0 spiro atoms. The summed E-state index contributed by atoms with van der Waals surface area (Å²) in [7, 11) is -1.99. The van der Waals surface area contributed by atoms with Crippen molar-refractivity contribution in [1.82, 2.24) is 4.90 Å². The summed E-state index contributed by atoms with van der Waals surface area (Å²) in [6.45, 7) is 16.2. The van der Waals surface area contributed by atoms with Crippen molar-refractivity contribution in [2.24, 2.45) is 0 Å². The van der Waals surface area contributed by atoms with Crippen LogP contribution in [-0.2, 0) is 20.3 Å². The highest BCUT2D eigenvalue weighted by molar-refractivity contribution is 6.74. The first-order chi connectivity index (χ1) is 15.4. The lowest BCUT2D eigenvalue weighted by atomic mass is 10.0. The first kappa shape index (κ1) is 27.6. The molecule has 1 aromatic carbocycles. The molecule has 188 valence electrons. The van der Waals surface area contributed by atoms with Gasteiger partial charge in [-0.25, -0.2) is 9.18 Å². The summed E-state index contributed by atoms with van der Waals surface area (Å²) in [6, 6.07) is 4.49. The smallest absolute Gasteiger partial charge is 0.410 e. The highest BCUT2D eigenvalue weighted by Crippen LogP contribution is 2.37. The number of unbranched alkanes of at least 4 members (excludes halogenated alkanes) is 1. The molecule has 1 aromatic rings. The lowest BCUT2D eigenvalue weighted by molar-refractivity contribution is -0.115. The van der Waals surface area contributed by atoms with Crippen molar-refractivity contribution in [3.05, 3.63) is 29.6 Å². The molecule has 2 N–H and O–H groups in total. The Morgan fingerprint density at radius 1 is 1.33 bits per heavy atom. The number of anilines is 1. The van der Waals surface area contributed by atoms with Crippen molar-refractivity contribution in [1.29, 1.82) is 0 Å². The minimum atomic E-state index is -1.99. The second-order valence-electron chi connectivity index (χ2n) is 10.6. The zero-order valence-electron chi connectivity index (χ0n) is 21.4. The van der Waals surface area contributed by atoms with Crippen molar-refractivity contribution >= 4 is 20.1 Å². The summed E-state index contributed by atoms with van der Waals surface area (Å²) in [4.78, 5) is 14.8. The largest absolute Gasteiger partial charge is 0.449 e. The van der Waals surface area contributed by atoms with E-state index in [1.165, 1.54) is 6.07 Å². The molecule has 0 radical (unpaired) electrons. The van der Waals surface area contributed by atoms with E-state index in [0.717, 1.165) is 12.8 Å². The number of rotatable bonds is 9. The van der Waals surface area contributed by atoms with Crippen LogP contribution in [0, 0.1) is 5.82 Å². The molecular weight excluding hydrogens is 439 g/mol. The van der Waals surface area contributed by atoms with Crippen LogP contribution in [0.15, 0.2) is 18.2 Å². The maximum absolute atomic E-state index is 14.2. The highest BCUT2D eigenvalue weighted by atomic mass is 28.4. The zero-order valence-corrected chi connectivity index (χ0v) is 22.4. The van der Waals surface area contributed by atoms with E-state index in [4.69, 9.17) is 19.6 Å². The van der Waals surface area contributed by atoms with Gasteiger partial charge in [0.25, 0.3) is 0 Å². The highest BCUT2D eigenvalue weighted by Gasteiger charge is 2.42. The quantitative estimate of drug-likeness (QED) is 0.275. The van der Waals surface area contributed by atoms with Crippen molar-refractivity contribution in [3.63, 3.8) is 0 Å². The van der Waals surface area contributed by atoms with Crippen LogP contribution >= 0.6 is 0 Å². The SMILES string of the molecule is CCCCOC(=O)N1CC(CCc2c(N)cccc2F)OC(C)C1CO[Si](C)(C)C(C)(C)C. The van der Waals surface area contributed by atoms with Crippen LogP contribution in [0.3, 0.4) is 0 Å². The van der Waals surface area contributed by atoms with E-state index in [0.29, 0.717) is 43.9 Å². The molecule has 0 aliphatic carbocycles. The monoisotopic (exact) mass is 482 g/mol. The van der Waals surface area contributed by atoms with E-state index in [9.17, 15) is 9.18 Å². The number of hydrogen-bond acceptors (Lipinski definition) is 5. The maximum atomic E-state index is 14.2. The van der Waals surface area contributed by atoms with E-state index in [1.807, 2.05) is 6.92 Å². The molecule has 1 amide bonds. The predicted octanol–water partition coefficient (Wildman–Crippen LogP) is 5.76. The van der Waals surface area contributed by atoms with Gasteiger partial charge in [0.1, 0.15) is 5.82 Å². The van der Waals surface area contributed by atoms with Gasteiger partial charge in [-0.05, 0) is 56.5 Å². The van der Waals surface area contributed by atoms with Crippen molar-refractivity contribution in [2.75, 3.05) is 25.5 Å². The Labute approximate surface area is 200 Å². The van der Waals surface area contributed by atoms with Gasteiger partial charge in [-0.3, -0.25) is 4.90 Å². The van der Waals surface area contributed by atoms with Crippen molar-refractivity contribution in [3.8, 4) is 0 Å². The minimum Gasteiger partial charge on any atom is -0.449 e. The number of ether oxygens (including phenoxy) is 2. The third-order valence-electron chi connectivity index (χ3n) is 7.00. The molecule has 1 fully saturated rings. The Morgan fingerprint density at radius 2 is 2.03 bits per heavy atom. The number of carbonyl (C=O) groups excluding carboxylic acids is 1. The summed E-state index contributed by atoms with van der Waals surface area (Å²) in [5.74, 6) is -0.310. The van der Waals surface area contributed by atoms with Gasteiger partial charge in [0.2, 0.25) is 0 Å². The normalized spacial score (nSPS) is 21.8. The van der Waals surface area contributed by atoms with Gasteiger partial charge in [0, 0.05) is 11.3 Å². The molecule has 3 atom stereocenters. The molecule has 0 aromatic heterocycles. The molecule has 3 unspecified atom stereocenters. The van der Waals surface area contributed by atoms with Gasteiger partial charge in [0.05, 0.1) is 38.0 Å². The Kier molecular flexibility index (Phi) is 9.76. The fourth-order valence-electron chi connectivity index (χ4n) is 3.68. The molecule has 1 heterocycles. The number of nitrogens with two attached hydrogens (primary N) is 1. The van der Waals surface area contributed by atoms with E-state index in [2.05, 4.69) is 40.8 Å². The Morgan fingerprint density at radius 3 is 2.64 bits per heavy atom. The van der Waals surface area contributed by atoms with Gasteiger partial charge in [0.15, 0.2) is 8.32 Å². The molecular formula is C25H43FN2O4Si. The molecule has 0 bridgehead atoms. The summed E-state index contributed by atoms with van der Waals surface area (Å²) in [5, 5.41) is 0.0699. The lowest BCUT2D eigenvalue weighted by Gasteiger charge is -2.45. The lowest BCUT2D eigenvalue weighted by Crippen LogP contribution is -2.59. The van der Waals surface area contributed by atoms with Gasteiger partial charge in [-0.15, -0.1) is 0 Å². The van der Waals surface area contributed by atoms with Crippen LogP contribution in [0.1, 0.15) is 59.4 Å². The van der Waals surface area contributed by atoms with E-state index in [-0.39, 0.29) is 35.2 Å². The molecule has 1 aliphatic heterocycles. The number of morpholine rings is 1. The van der Waals surface area contributed by atoms with Crippen LogP contribution in [0.25, 0.3) is 0 Å². The predicted molar refractivity (Wildman–Crippen MR) is 133 cm³/mol. The number of benzene rings is 1. The van der Waals surface area contributed by atoms with Crippen LogP contribution in [0.5, 0.6) is 0 Å². The Hall–Kier alpha value is -1.64. The van der Waals surface area contributed by atoms with Gasteiger partial charge < -0.3 is 19.6 Å². The topological polar surface area (TPSA) is 74.0 Å². The standard InChI is InChI=1S/C25H43FN2O4Si/c1-8-9-15-30-24(29)28-16-19(13-14-20-21(26)11-10-12-22(20)27)32-18(2)23(28)17-31-33(6,7)25(3,4)5/h10-12,18-19,23H,8-9,13-17,27H2,1-7H3. The molecule has 8 heteroatoms. The van der Waals surface area contributed by atoms with Gasteiger partial charge in [-0.1, -0.05) is 40.2 Å². The van der Waals surface area contributed by atoms with Crippen LogP contribution in [0.2, 0.25) is 18.1 Å². The molecule has 6 nitrogen and oxygen atoms in total. The first-order valence-electron chi connectivity index (χ1n) is 12.1. The number of nitrogens with zero attached hydrogens (tertiary/aromatic N) is 1. The Bertz CT molecular complexity index is 764. The zero-order chi connectivity index (χ0) is 24.8. The molecule has 2 rings (SSSR count). The van der Waals surface area contributed by atoms with Crippen LogP contribution in [-0.4, -0.2) is 57.3 Å². The Balaban J connectivity index is 2.12. The minimum absolute atomic E-state index is 0.0699. The number of amides is 1. The molecule has 33 heavy (non-hydrogen) atoms. The second kappa shape index (κ2) is 11.7. The second-order valence-corrected chi connectivity index (χ2v) is 15.4. The third kappa shape index (κ3) is 7.42. The molecule has 0 saturated carbocycles. The van der Waals surface area contributed by atoms with Crippen LogP contribution in [0.4, 0.5) is 14.9 Å². The van der Waals surface area contributed by atoms with Gasteiger partial charge >= 0.3 is 6.09 Å². The number of nitrogen functional groups attached to an aromatic ring is 1. The number of halogens is 1. The van der Waals surface area contributed by atoms with Crippen molar-refractivity contribution in [2.45, 2.75) is 96.7 Å². The average molecular weight is 483 g/mol. The average Bonchev–Trinajstić information content (AvgIpc) is 2.71. The number of hydrogen-bond donors (Lipinski definition) is 1. The fourth-order valence-corrected chi connectivity index (χ4v) is 4.70. The summed E-state index contributed by atoms with van der Waals surface area (Å²) >= 11 is 0. The summed E-state index contributed by atoms with van der Waals surface area (Å²) in [5.41, 5.74) is 6.90. The summed E-state index contributed by atoms with van der Waals surface area (Å²) < 4.78 is 32.5. The van der Waals surface area contributed by atoms with E-state index < -0.39 is 8.32 Å². The first-order valence-corrected chi connectivity index (χ1v) is 15.0. The van der Waals surface area contributed by atoms with Gasteiger partial charge in [-0.2, -0.15) is 0 Å². The van der Waals surface area contributed by atoms with E-state index in [1.54, 1.807) is 17.0 Å². The molecule has 1 aliphatic rings. The van der Waals surface area contributed by atoms with E-state index >= 15 is 0 Å². The maximum Gasteiger partial charge on any atom is 0.410 e.